The minimum absolute atomic E-state index is 0.00209. The Bertz CT molecular complexity index is 255. The van der Waals surface area contributed by atoms with E-state index in [1.54, 1.807) is 0 Å². The minimum atomic E-state index is -0.00209. The number of nitrogens with one attached hydrogen (secondary N) is 1. The number of nitrogens with zero attached hydrogens (tertiary/aromatic N) is 1. The molecule has 2 unspecified atom stereocenters. The maximum atomic E-state index is 11.8. The van der Waals surface area contributed by atoms with Crippen molar-refractivity contribution in [2.75, 3.05) is 32.8 Å². The van der Waals surface area contributed by atoms with Gasteiger partial charge in [-0.1, -0.05) is 20.3 Å². The summed E-state index contributed by atoms with van der Waals surface area (Å²) in [5, 5.41) is 3.60. The Kier molecular flexibility index (Phi) is 8.07. The first-order chi connectivity index (χ1) is 9.21. The number of carbonyl (C=O) groups is 1. The van der Waals surface area contributed by atoms with Gasteiger partial charge in [0, 0.05) is 19.1 Å². The first-order valence-electron chi connectivity index (χ1n) is 7.83. The summed E-state index contributed by atoms with van der Waals surface area (Å²) in [6.45, 7) is 11.1. The van der Waals surface area contributed by atoms with Crippen LogP contribution in [0.4, 0.5) is 0 Å². The second-order valence-corrected chi connectivity index (χ2v) is 5.29. The summed E-state index contributed by atoms with van der Waals surface area (Å²) in [5.74, 6) is 0.109. The maximum Gasteiger partial charge on any atom is 0.308 e. The minimum Gasteiger partial charge on any atom is -0.466 e. The number of rotatable bonds is 8. The summed E-state index contributed by atoms with van der Waals surface area (Å²) in [7, 11) is 0. The highest BCUT2D eigenvalue weighted by atomic mass is 16.5. The van der Waals surface area contributed by atoms with E-state index < -0.39 is 0 Å². The topological polar surface area (TPSA) is 41.6 Å². The van der Waals surface area contributed by atoms with E-state index >= 15 is 0 Å². The average molecular weight is 270 g/mol. The Morgan fingerprint density at radius 2 is 2.00 bits per heavy atom. The summed E-state index contributed by atoms with van der Waals surface area (Å²) in [4.78, 5) is 14.2. The van der Waals surface area contributed by atoms with Crippen molar-refractivity contribution >= 4 is 5.97 Å². The molecular formula is C15H30N2O2. The van der Waals surface area contributed by atoms with E-state index in [4.69, 9.17) is 4.74 Å². The molecule has 0 bridgehead atoms. The zero-order valence-electron chi connectivity index (χ0n) is 12.8. The third-order valence-corrected chi connectivity index (χ3v) is 4.05. The number of ether oxygens (including phenoxy) is 1. The van der Waals surface area contributed by atoms with Crippen molar-refractivity contribution in [1.29, 1.82) is 0 Å². The number of esters is 1. The Hall–Kier alpha value is -0.610. The van der Waals surface area contributed by atoms with Gasteiger partial charge in [0.1, 0.15) is 0 Å². The summed E-state index contributed by atoms with van der Waals surface area (Å²) in [5.41, 5.74) is 0. The standard InChI is InChI=1S/C15H30N2O2/c1-4-17(5-2)11-10-16-14-9-7-8-13(12-14)15(18)19-6-3/h13-14,16H,4-12H2,1-3H3. The van der Waals surface area contributed by atoms with E-state index in [1.165, 1.54) is 6.42 Å². The SMILES string of the molecule is CCOC(=O)C1CCCC(NCCN(CC)CC)C1. The average Bonchev–Trinajstić information content (AvgIpc) is 2.44. The first-order valence-corrected chi connectivity index (χ1v) is 7.83. The molecule has 1 fully saturated rings. The molecule has 1 N–H and O–H groups in total. The summed E-state index contributed by atoms with van der Waals surface area (Å²) in [6, 6.07) is 0.485. The predicted octanol–water partition coefficient (Wildman–Crippen LogP) is 2.04. The highest BCUT2D eigenvalue weighted by Gasteiger charge is 2.27. The molecule has 0 aromatic rings. The summed E-state index contributed by atoms with van der Waals surface area (Å²) in [6.07, 6.45) is 4.25. The van der Waals surface area contributed by atoms with Crippen molar-refractivity contribution < 1.29 is 9.53 Å². The zero-order chi connectivity index (χ0) is 14.1. The predicted molar refractivity (Wildman–Crippen MR) is 78.2 cm³/mol. The van der Waals surface area contributed by atoms with Gasteiger partial charge in [0.15, 0.2) is 0 Å². The van der Waals surface area contributed by atoms with Gasteiger partial charge in [-0.2, -0.15) is 0 Å². The Morgan fingerprint density at radius 3 is 2.63 bits per heavy atom. The highest BCUT2D eigenvalue weighted by molar-refractivity contribution is 5.72. The van der Waals surface area contributed by atoms with Crippen molar-refractivity contribution in [2.24, 2.45) is 5.92 Å². The molecule has 19 heavy (non-hydrogen) atoms. The van der Waals surface area contributed by atoms with Crippen LogP contribution in [0.15, 0.2) is 0 Å². The fourth-order valence-electron chi connectivity index (χ4n) is 2.82. The Morgan fingerprint density at radius 1 is 1.26 bits per heavy atom. The van der Waals surface area contributed by atoms with Crippen LogP contribution in [0.2, 0.25) is 0 Å². The van der Waals surface area contributed by atoms with Crippen LogP contribution in [0.1, 0.15) is 46.5 Å². The van der Waals surface area contributed by atoms with Gasteiger partial charge >= 0.3 is 5.97 Å². The van der Waals surface area contributed by atoms with E-state index in [-0.39, 0.29) is 11.9 Å². The van der Waals surface area contributed by atoms with Gasteiger partial charge in [-0.05, 0) is 39.3 Å². The van der Waals surface area contributed by atoms with E-state index in [1.807, 2.05) is 6.92 Å². The Balaban J connectivity index is 2.25. The zero-order valence-corrected chi connectivity index (χ0v) is 12.8. The van der Waals surface area contributed by atoms with E-state index in [0.29, 0.717) is 12.6 Å². The lowest BCUT2D eigenvalue weighted by Crippen LogP contribution is -2.41. The molecule has 4 nitrogen and oxygen atoms in total. The van der Waals surface area contributed by atoms with Crippen LogP contribution in [-0.4, -0.2) is 49.7 Å². The largest absolute Gasteiger partial charge is 0.466 e. The van der Waals surface area contributed by atoms with Crippen LogP contribution in [0.5, 0.6) is 0 Å². The third kappa shape index (κ3) is 5.91. The molecule has 112 valence electrons. The van der Waals surface area contributed by atoms with Crippen molar-refractivity contribution in [1.82, 2.24) is 10.2 Å². The molecule has 0 radical (unpaired) electrons. The van der Waals surface area contributed by atoms with Gasteiger partial charge in [-0.25, -0.2) is 0 Å². The molecule has 4 heteroatoms. The fraction of sp³-hybridized carbons (Fsp3) is 0.933. The van der Waals surface area contributed by atoms with Gasteiger partial charge in [0.2, 0.25) is 0 Å². The molecular weight excluding hydrogens is 240 g/mol. The summed E-state index contributed by atoms with van der Waals surface area (Å²) >= 11 is 0. The number of likely N-dealkylation sites (N-methyl/N-ethyl adjacent to an activating group) is 1. The Labute approximate surface area is 117 Å². The molecule has 0 amide bonds. The van der Waals surface area contributed by atoms with Crippen molar-refractivity contribution in [3.8, 4) is 0 Å². The molecule has 1 aliphatic carbocycles. The van der Waals surface area contributed by atoms with Crippen LogP contribution < -0.4 is 5.32 Å². The normalized spacial score (nSPS) is 23.6. The molecule has 0 aromatic carbocycles. The molecule has 1 rings (SSSR count). The molecule has 1 saturated carbocycles. The number of carbonyl (C=O) groups excluding carboxylic acids is 1. The maximum absolute atomic E-state index is 11.8. The molecule has 1 aliphatic rings. The highest BCUT2D eigenvalue weighted by Crippen LogP contribution is 2.25. The monoisotopic (exact) mass is 270 g/mol. The van der Waals surface area contributed by atoms with Crippen molar-refractivity contribution in [3.05, 3.63) is 0 Å². The molecule has 2 atom stereocenters. The van der Waals surface area contributed by atoms with Gasteiger partial charge in [0.05, 0.1) is 12.5 Å². The lowest BCUT2D eigenvalue weighted by atomic mass is 9.86. The second-order valence-electron chi connectivity index (χ2n) is 5.29. The molecule has 0 spiro atoms. The lowest BCUT2D eigenvalue weighted by molar-refractivity contribution is -0.149. The van der Waals surface area contributed by atoms with Crippen molar-refractivity contribution in [2.45, 2.75) is 52.5 Å². The first kappa shape index (κ1) is 16.4. The molecule has 0 aromatic heterocycles. The van der Waals surface area contributed by atoms with Gasteiger partial charge in [0.25, 0.3) is 0 Å². The van der Waals surface area contributed by atoms with E-state index in [0.717, 1.165) is 45.4 Å². The smallest absolute Gasteiger partial charge is 0.308 e. The van der Waals surface area contributed by atoms with Crippen molar-refractivity contribution in [3.63, 3.8) is 0 Å². The van der Waals surface area contributed by atoms with Gasteiger partial charge < -0.3 is 15.0 Å². The molecule has 0 saturated heterocycles. The van der Waals surface area contributed by atoms with Crippen LogP contribution in [0, 0.1) is 5.92 Å². The van der Waals surface area contributed by atoms with Crippen LogP contribution in [0.25, 0.3) is 0 Å². The fourth-order valence-corrected chi connectivity index (χ4v) is 2.82. The quantitative estimate of drug-likeness (QED) is 0.685. The lowest BCUT2D eigenvalue weighted by Gasteiger charge is -2.29. The molecule has 0 aliphatic heterocycles. The van der Waals surface area contributed by atoms with Gasteiger partial charge in [-0.3, -0.25) is 4.79 Å². The van der Waals surface area contributed by atoms with Gasteiger partial charge in [-0.15, -0.1) is 0 Å². The van der Waals surface area contributed by atoms with E-state index in [2.05, 4.69) is 24.1 Å². The van der Waals surface area contributed by atoms with E-state index in [9.17, 15) is 4.79 Å². The summed E-state index contributed by atoms with van der Waals surface area (Å²) < 4.78 is 5.13. The second kappa shape index (κ2) is 9.32. The van der Waals surface area contributed by atoms with Crippen LogP contribution in [0.3, 0.4) is 0 Å². The van der Waals surface area contributed by atoms with Crippen LogP contribution >= 0.6 is 0 Å². The number of hydrogen-bond donors (Lipinski definition) is 1. The third-order valence-electron chi connectivity index (χ3n) is 4.05. The molecule has 0 heterocycles. The number of hydrogen-bond acceptors (Lipinski definition) is 4. The van der Waals surface area contributed by atoms with Crippen LogP contribution in [-0.2, 0) is 9.53 Å².